The summed E-state index contributed by atoms with van der Waals surface area (Å²) in [7, 11) is 0. The summed E-state index contributed by atoms with van der Waals surface area (Å²) in [6.07, 6.45) is 2.59. The normalized spacial score (nSPS) is 20.9. The Hall–Kier alpha value is -0.0900. The Morgan fingerprint density at radius 1 is 1.29 bits per heavy atom. The van der Waals surface area contributed by atoms with Crippen LogP contribution in [0, 0.1) is 5.92 Å². The Bertz CT molecular complexity index is 329. The van der Waals surface area contributed by atoms with Gasteiger partial charge >= 0.3 is 0 Å². The smallest absolute Gasteiger partial charge is 0.0233 e. The van der Waals surface area contributed by atoms with Gasteiger partial charge in [-0.2, -0.15) is 0 Å². The fourth-order valence-electron chi connectivity index (χ4n) is 2.34. The summed E-state index contributed by atoms with van der Waals surface area (Å²) in [4.78, 5) is 2.52. The summed E-state index contributed by atoms with van der Waals surface area (Å²) in [5, 5.41) is 0. The van der Waals surface area contributed by atoms with Gasteiger partial charge in [-0.25, -0.2) is 0 Å². The number of nitrogens with two attached hydrogens (primary N) is 1. The van der Waals surface area contributed by atoms with E-state index >= 15 is 0 Å². The number of halogens is 2. The van der Waals surface area contributed by atoms with E-state index in [1.54, 1.807) is 0 Å². The summed E-state index contributed by atoms with van der Waals surface area (Å²) in [5.74, 6) is 0.698. The van der Waals surface area contributed by atoms with Gasteiger partial charge in [0.25, 0.3) is 0 Å². The van der Waals surface area contributed by atoms with Crippen LogP contribution < -0.4 is 5.73 Å². The lowest BCUT2D eigenvalue weighted by Crippen LogP contribution is -2.37. The van der Waals surface area contributed by atoms with Crippen molar-refractivity contribution >= 4 is 28.3 Å². The van der Waals surface area contributed by atoms with Crippen LogP contribution in [0.3, 0.4) is 0 Å². The van der Waals surface area contributed by atoms with Gasteiger partial charge in [0, 0.05) is 17.6 Å². The summed E-state index contributed by atoms with van der Waals surface area (Å²) in [5.41, 5.74) is 7.14. The van der Waals surface area contributed by atoms with Crippen LogP contribution in [0.2, 0.25) is 0 Å². The van der Waals surface area contributed by atoms with E-state index in [-0.39, 0.29) is 12.4 Å². The molecule has 1 heterocycles. The Kier molecular flexibility index (Phi) is 6.49. The fraction of sp³-hybridized carbons (Fsp3) is 0.538. The molecule has 0 amide bonds. The van der Waals surface area contributed by atoms with Gasteiger partial charge in [-0.3, -0.25) is 4.90 Å². The van der Waals surface area contributed by atoms with E-state index in [1.807, 2.05) is 0 Å². The molecule has 2 nitrogen and oxygen atoms in total. The monoisotopic (exact) mass is 318 g/mol. The first-order chi connectivity index (χ1) is 7.78. The highest BCUT2D eigenvalue weighted by Crippen LogP contribution is 2.18. The van der Waals surface area contributed by atoms with Crippen LogP contribution in [0.25, 0.3) is 0 Å². The predicted molar refractivity (Wildman–Crippen MR) is 78.4 cm³/mol. The van der Waals surface area contributed by atoms with Gasteiger partial charge in [0.2, 0.25) is 0 Å². The quantitative estimate of drug-likeness (QED) is 0.928. The molecule has 4 heteroatoms. The van der Waals surface area contributed by atoms with Crippen molar-refractivity contribution in [3.63, 3.8) is 0 Å². The summed E-state index contributed by atoms with van der Waals surface area (Å²) >= 11 is 3.46. The number of rotatable bonds is 3. The van der Waals surface area contributed by atoms with Crippen molar-refractivity contribution in [1.82, 2.24) is 4.90 Å². The van der Waals surface area contributed by atoms with E-state index in [0.29, 0.717) is 5.92 Å². The standard InChI is InChI=1S/C13H19BrN2.ClH/c14-13-5-3-11(4-6-13)9-16-7-1-2-12(8-15)10-16;/h3-6,12H,1-2,7-10,15H2;1H. The molecule has 0 radical (unpaired) electrons. The molecule has 2 rings (SSSR count). The molecule has 0 saturated carbocycles. The van der Waals surface area contributed by atoms with E-state index in [0.717, 1.165) is 24.1 Å². The van der Waals surface area contributed by atoms with Gasteiger partial charge in [0.15, 0.2) is 0 Å². The Balaban J connectivity index is 0.00000144. The third-order valence-electron chi connectivity index (χ3n) is 3.26. The maximum Gasteiger partial charge on any atom is 0.0233 e. The second-order valence-corrected chi connectivity index (χ2v) is 5.52. The van der Waals surface area contributed by atoms with Crippen molar-refractivity contribution in [2.24, 2.45) is 11.7 Å². The number of nitrogens with zero attached hydrogens (tertiary/aromatic N) is 1. The first-order valence-corrected chi connectivity index (χ1v) is 6.74. The molecule has 1 saturated heterocycles. The van der Waals surface area contributed by atoms with Crippen LogP contribution >= 0.6 is 28.3 Å². The molecule has 1 fully saturated rings. The van der Waals surface area contributed by atoms with E-state index < -0.39 is 0 Å². The van der Waals surface area contributed by atoms with Gasteiger partial charge in [0.05, 0.1) is 0 Å². The molecule has 0 aromatic heterocycles. The van der Waals surface area contributed by atoms with E-state index in [4.69, 9.17) is 5.73 Å². The second-order valence-electron chi connectivity index (χ2n) is 4.61. The third kappa shape index (κ3) is 4.59. The summed E-state index contributed by atoms with van der Waals surface area (Å²) in [6, 6.07) is 8.60. The zero-order valence-corrected chi connectivity index (χ0v) is 12.3. The first kappa shape index (κ1) is 15.0. The van der Waals surface area contributed by atoms with Gasteiger partial charge < -0.3 is 5.73 Å². The molecular formula is C13H20BrClN2. The van der Waals surface area contributed by atoms with Gasteiger partial charge in [-0.1, -0.05) is 28.1 Å². The lowest BCUT2D eigenvalue weighted by molar-refractivity contribution is 0.171. The predicted octanol–water partition coefficient (Wildman–Crippen LogP) is 3.04. The summed E-state index contributed by atoms with van der Waals surface area (Å²) in [6.45, 7) is 4.26. The van der Waals surface area contributed by atoms with Crippen molar-refractivity contribution in [1.29, 1.82) is 0 Å². The zero-order chi connectivity index (χ0) is 11.4. The molecule has 1 aromatic rings. The molecule has 0 spiro atoms. The van der Waals surface area contributed by atoms with Crippen molar-refractivity contribution in [3.05, 3.63) is 34.3 Å². The number of hydrogen-bond acceptors (Lipinski definition) is 2. The van der Waals surface area contributed by atoms with Crippen LogP contribution in [-0.4, -0.2) is 24.5 Å². The second kappa shape index (κ2) is 7.37. The first-order valence-electron chi connectivity index (χ1n) is 5.95. The van der Waals surface area contributed by atoms with Crippen molar-refractivity contribution in [3.8, 4) is 0 Å². The molecule has 0 bridgehead atoms. The SMILES string of the molecule is Cl.NCC1CCCN(Cc2ccc(Br)cc2)C1. The highest BCUT2D eigenvalue weighted by Gasteiger charge is 2.18. The number of hydrogen-bond donors (Lipinski definition) is 1. The Morgan fingerprint density at radius 3 is 2.65 bits per heavy atom. The highest BCUT2D eigenvalue weighted by atomic mass is 79.9. The molecule has 1 unspecified atom stereocenters. The van der Waals surface area contributed by atoms with Crippen LogP contribution in [0.5, 0.6) is 0 Å². The minimum absolute atomic E-state index is 0. The van der Waals surface area contributed by atoms with Crippen molar-refractivity contribution in [2.45, 2.75) is 19.4 Å². The van der Waals surface area contributed by atoms with E-state index in [1.165, 1.54) is 24.9 Å². The molecule has 2 N–H and O–H groups in total. The topological polar surface area (TPSA) is 29.3 Å². The summed E-state index contributed by atoms with van der Waals surface area (Å²) < 4.78 is 1.15. The largest absolute Gasteiger partial charge is 0.330 e. The molecule has 96 valence electrons. The molecule has 1 atom stereocenters. The number of piperidine rings is 1. The molecule has 17 heavy (non-hydrogen) atoms. The minimum atomic E-state index is 0. The average Bonchev–Trinajstić information content (AvgIpc) is 2.32. The average molecular weight is 320 g/mol. The van der Waals surface area contributed by atoms with Crippen LogP contribution in [0.1, 0.15) is 18.4 Å². The van der Waals surface area contributed by atoms with Gasteiger partial charge in [0.1, 0.15) is 0 Å². The third-order valence-corrected chi connectivity index (χ3v) is 3.78. The van der Waals surface area contributed by atoms with Crippen molar-refractivity contribution < 1.29 is 0 Å². The minimum Gasteiger partial charge on any atom is -0.330 e. The Morgan fingerprint density at radius 2 is 2.00 bits per heavy atom. The van der Waals surface area contributed by atoms with Gasteiger partial charge in [-0.05, 0) is 49.5 Å². The van der Waals surface area contributed by atoms with Crippen molar-refractivity contribution in [2.75, 3.05) is 19.6 Å². The van der Waals surface area contributed by atoms with Gasteiger partial charge in [-0.15, -0.1) is 12.4 Å². The van der Waals surface area contributed by atoms with Crippen LogP contribution in [-0.2, 0) is 6.54 Å². The number of benzene rings is 1. The fourth-order valence-corrected chi connectivity index (χ4v) is 2.60. The zero-order valence-electron chi connectivity index (χ0n) is 9.94. The lowest BCUT2D eigenvalue weighted by atomic mass is 9.98. The highest BCUT2D eigenvalue weighted by molar-refractivity contribution is 9.10. The molecular weight excluding hydrogens is 300 g/mol. The molecule has 1 aliphatic heterocycles. The van der Waals surface area contributed by atoms with E-state index in [2.05, 4.69) is 45.1 Å². The van der Waals surface area contributed by atoms with E-state index in [9.17, 15) is 0 Å². The Labute approximate surface area is 118 Å². The number of likely N-dealkylation sites (tertiary alicyclic amines) is 1. The molecule has 1 aromatic carbocycles. The maximum atomic E-state index is 5.75. The van der Waals surface area contributed by atoms with Crippen LogP contribution in [0.4, 0.5) is 0 Å². The molecule has 1 aliphatic rings. The maximum absolute atomic E-state index is 5.75. The lowest BCUT2D eigenvalue weighted by Gasteiger charge is -2.32. The molecule has 0 aliphatic carbocycles. The van der Waals surface area contributed by atoms with Crippen LogP contribution in [0.15, 0.2) is 28.7 Å².